The van der Waals surface area contributed by atoms with Crippen LogP contribution in [0.2, 0.25) is 0 Å². The molecule has 9 heavy (non-hydrogen) atoms. The zero-order chi connectivity index (χ0) is 6.91. The van der Waals surface area contributed by atoms with Gasteiger partial charge in [-0.3, -0.25) is 0 Å². The van der Waals surface area contributed by atoms with Gasteiger partial charge in [0.05, 0.1) is 12.5 Å². The predicted molar refractivity (Wildman–Crippen MR) is 29.1 cm³/mol. The van der Waals surface area contributed by atoms with Crippen LogP contribution in [0.5, 0.6) is 0 Å². The highest BCUT2D eigenvalue weighted by molar-refractivity contribution is 4.94. The number of halogens is 2. The monoisotopic (exact) mass is 135 g/mol. The first-order valence-electron chi connectivity index (χ1n) is 3.02. The maximum Gasteiger partial charge on any atom is 0.253 e. The van der Waals surface area contributed by atoms with Gasteiger partial charge in [0.1, 0.15) is 0 Å². The third kappa shape index (κ3) is 1.90. The Balaban J connectivity index is 2.41. The summed E-state index contributed by atoms with van der Waals surface area (Å²) < 4.78 is 24.5. The van der Waals surface area contributed by atoms with E-state index in [1.165, 1.54) is 0 Å². The molecule has 1 radical (unpaired) electrons. The molecule has 53 valence electrons. The average Bonchev–Trinajstić information content (AvgIpc) is 1.60. The van der Waals surface area contributed by atoms with E-state index in [9.17, 15) is 8.78 Å². The van der Waals surface area contributed by atoms with Crippen molar-refractivity contribution in [2.24, 2.45) is 0 Å². The van der Waals surface area contributed by atoms with Gasteiger partial charge in [-0.2, -0.15) is 0 Å². The van der Waals surface area contributed by atoms with E-state index in [2.05, 4.69) is 0 Å². The molecule has 1 N–H and O–H groups in total. The molecular weight excluding hydrogens is 126 g/mol. The van der Waals surface area contributed by atoms with Gasteiger partial charge >= 0.3 is 0 Å². The molecule has 1 saturated carbocycles. The Hall–Kier alpha value is -0.180. The van der Waals surface area contributed by atoms with Crippen molar-refractivity contribution in [2.75, 3.05) is 0 Å². The van der Waals surface area contributed by atoms with Crippen molar-refractivity contribution in [3.8, 4) is 0 Å². The molecule has 0 saturated heterocycles. The molecule has 0 aromatic heterocycles. The van der Waals surface area contributed by atoms with Crippen LogP contribution >= 0.6 is 0 Å². The van der Waals surface area contributed by atoms with E-state index < -0.39 is 12.0 Å². The molecule has 0 heterocycles. The molecule has 1 atom stereocenters. The Bertz CT molecular complexity index is 103. The highest BCUT2D eigenvalue weighted by Gasteiger charge is 2.35. The fourth-order valence-electron chi connectivity index (χ4n) is 0.995. The van der Waals surface area contributed by atoms with Gasteiger partial charge in [0, 0.05) is 6.42 Å². The normalized spacial score (nSPS) is 34.3. The molecule has 0 aromatic carbocycles. The summed E-state index contributed by atoms with van der Waals surface area (Å²) in [5.74, 6) is -2.72. The van der Waals surface area contributed by atoms with Crippen molar-refractivity contribution >= 4 is 0 Å². The number of rotatable bonds is 0. The van der Waals surface area contributed by atoms with Crippen molar-refractivity contribution in [3.63, 3.8) is 0 Å². The summed E-state index contributed by atoms with van der Waals surface area (Å²) in [5, 5.41) is 8.71. The standard InChI is InChI=1S/C6H9F2O/c7-6(8)3-1-2-5(9)4-6/h4-5,9H,1-3H2. The van der Waals surface area contributed by atoms with Crippen LogP contribution in [0.3, 0.4) is 0 Å². The van der Waals surface area contributed by atoms with Crippen molar-refractivity contribution in [1.82, 2.24) is 0 Å². The van der Waals surface area contributed by atoms with Crippen LogP contribution in [0.15, 0.2) is 0 Å². The van der Waals surface area contributed by atoms with E-state index in [1.807, 2.05) is 0 Å². The largest absolute Gasteiger partial charge is 0.393 e. The van der Waals surface area contributed by atoms with Gasteiger partial charge in [0.2, 0.25) is 0 Å². The first-order valence-corrected chi connectivity index (χ1v) is 3.02. The Kier molecular flexibility index (Phi) is 1.70. The quantitative estimate of drug-likeness (QED) is 0.532. The second kappa shape index (κ2) is 2.21. The van der Waals surface area contributed by atoms with Gasteiger partial charge in [-0.05, 0) is 12.8 Å². The first-order chi connectivity index (χ1) is 4.10. The molecule has 3 heteroatoms. The van der Waals surface area contributed by atoms with Crippen LogP contribution in [0.4, 0.5) is 8.78 Å². The second-order valence-corrected chi connectivity index (χ2v) is 2.39. The lowest BCUT2D eigenvalue weighted by Gasteiger charge is -2.24. The topological polar surface area (TPSA) is 20.2 Å². The van der Waals surface area contributed by atoms with Crippen molar-refractivity contribution in [3.05, 3.63) is 6.42 Å². The maximum absolute atomic E-state index is 12.2. The third-order valence-corrected chi connectivity index (χ3v) is 1.45. The highest BCUT2D eigenvalue weighted by atomic mass is 19.3. The van der Waals surface area contributed by atoms with Crippen LogP contribution in [0.25, 0.3) is 0 Å². The van der Waals surface area contributed by atoms with Crippen LogP contribution in [0.1, 0.15) is 19.3 Å². The molecule has 1 unspecified atom stereocenters. The minimum atomic E-state index is -2.72. The molecular formula is C6H9F2O. The van der Waals surface area contributed by atoms with E-state index >= 15 is 0 Å². The molecule has 1 aliphatic carbocycles. The first kappa shape index (κ1) is 6.93. The third-order valence-electron chi connectivity index (χ3n) is 1.45. The predicted octanol–water partition coefficient (Wildman–Crippen LogP) is 1.37. The minimum Gasteiger partial charge on any atom is -0.393 e. The van der Waals surface area contributed by atoms with E-state index in [0.29, 0.717) is 12.8 Å². The fraction of sp³-hybridized carbons (Fsp3) is 0.833. The van der Waals surface area contributed by atoms with Gasteiger partial charge in [0.15, 0.2) is 0 Å². The summed E-state index contributed by atoms with van der Waals surface area (Å²) >= 11 is 0. The molecule has 0 bridgehead atoms. The summed E-state index contributed by atoms with van der Waals surface area (Å²) in [7, 11) is 0. The summed E-state index contributed by atoms with van der Waals surface area (Å²) in [6, 6.07) is 0. The number of hydrogen-bond acceptors (Lipinski definition) is 1. The zero-order valence-electron chi connectivity index (χ0n) is 4.98. The lowest BCUT2D eigenvalue weighted by atomic mass is 9.94. The highest BCUT2D eigenvalue weighted by Crippen LogP contribution is 2.31. The van der Waals surface area contributed by atoms with E-state index in [1.54, 1.807) is 0 Å². The van der Waals surface area contributed by atoms with Gasteiger partial charge in [0.25, 0.3) is 5.92 Å². The summed E-state index contributed by atoms with van der Waals surface area (Å²) in [6.07, 6.45) is 0.620. The Labute approximate surface area is 52.7 Å². The van der Waals surface area contributed by atoms with E-state index in [0.717, 1.165) is 6.42 Å². The van der Waals surface area contributed by atoms with Crippen LogP contribution in [-0.2, 0) is 0 Å². The smallest absolute Gasteiger partial charge is 0.253 e. The molecule has 1 aliphatic rings. The van der Waals surface area contributed by atoms with Gasteiger partial charge in [-0.15, -0.1) is 0 Å². The zero-order valence-corrected chi connectivity index (χ0v) is 4.98. The van der Waals surface area contributed by atoms with E-state index in [4.69, 9.17) is 5.11 Å². The van der Waals surface area contributed by atoms with Gasteiger partial charge in [-0.25, -0.2) is 8.78 Å². The lowest BCUT2D eigenvalue weighted by molar-refractivity contribution is -0.0233. The minimum absolute atomic E-state index is 0.107. The number of alkyl halides is 2. The second-order valence-electron chi connectivity index (χ2n) is 2.39. The summed E-state index contributed by atoms with van der Waals surface area (Å²) in [4.78, 5) is 0. The van der Waals surface area contributed by atoms with Crippen LogP contribution in [-0.4, -0.2) is 17.1 Å². The van der Waals surface area contributed by atoms with Crippen molar-refractivity contribution in [2.45, 2.75) is 31.3 Å². The van der Waals surface area contributed by atoms with Crippen molar-refractivity contribution < 1.29 is 13.9 Å². The Morgan fingerprint density at radius 3 is 2.56 bits per heavy atom. The van der Waals surface area contributed by atoms with Gasteiger partial charge < -0.3 is 5.11 Å². The lowest BCUT2D eigenvalue weighted by Crippen LogP contribution is -2.29. The molecule has 1 nitrogen and oxygen atoms in total. The number of aliphatic hydroxyl groups is 1. The summed E-state index contributed by atoms with van der Waals surface area (Å²) in [5.41, 5.74) is 0. The number of aliphatic hydroxyl groups excluding tert-OH is 1. The van der Waals surface area contributed by atoms with E-state index in [-0.39, 0.29) is 6.42 Å². The van der Waals surface area contributed by atoms with Crippen molar-refractivity contribution in [1.29, 1.82) is 0 Å². The molecule has 0 spiro atoms. The molecule has 0 aromatic rings. The summed E-state index contributed by atoms with van der Waals surface area (Å²) in [6.45, 7) is 0. The Morgan fingerprint density at radius 1 is 1.56 bits per heavy atom. The molecule has 1 fully saturated rings. The maximum atomic E-state index is 12.2. The average molecular weight is 135 g/mol. The van der Waals surface area contributed by atoms with Crippen LogP contribution < -0.4 is 0 Å². The van der Waals surface area contributed by atoms with Gasteiger partial charge in [-0.1, -0.05) is 0 Å². The fourth-order valence-corrected chi connectivity index (χ4v) is 0.995. The number of hydrogen-bond donors (Lipinski definition) is 1. The SMILES string of the molecule is OC1[CH]C(F)(F)CCC1. The molecule has 0 amide bonds. The van der Waals surface area contributed by atoms with Crippen LogP contribution in [0, 0.1) is 6.42 Å². The molecule has 1 rings (SSSR count). The Morgan fingerprint density at radius 2 is 2.22 bits per heavy atom. The molecule has 0 aliphatic heterocycles.